The average molecular weight is 468 g/mol. The predicted octanol–water partition coefficient (Wildman–Crippen LogP) is 7.40. The minimum atomic E-state index is -4.42. The molecular weight excluding hydrogens is 447 g/mol. The highest BCUT2D eigenvalue weighted by Crippen LogP contribution is 2.41. The molecule has 168 valence electrons. The third kappa shape index (κ3) is 4.50. The van der Waals surface area contributed by atoms with E-state index in [4.69, 9.17) is 0 Å². The first-order chi connectivity index (χ1) is 15.8. The summed E-state index contributed by atoms with van der Waals surface area (Å²) in [6.07, 6.45) is -1.73. The van der Waals surface area contributed by atoms with E-state index in [1.54, 1.807) is 18.2 Å². The standard InChI is InChI=1S/C26H20F3NO2S/c27-26(28,29)18-5-1-3-15(14-18)13-17-4-2-6-21-22(17)23(24(30-21)25(31)32)16-7-9-19(10-8-16)33-20-11-12-20/h1-10,14,20,30H,11-13H2,(H,31,32). The number of carboxylic acids is 1. The Morgan fingerprint density at radius 2 is 1.76 bits per heavy atom. The highest BCUT2D eigenvalue weighted by molar-refractivity contribution is 8.00. The van der Waals surface area contributed by atoms with Crippen molar-refractivity contribution in [3.05, 3.63) is 89.1 Å². The molecular formula is C26H20F3NO2S. The Bertz CT molecular complexity index is 1340. The number of aromatic nitrogens is 1. The third-order valence-corrected chi connectivity index (χ3v) is 7.09. The van der Waals surface area contributed by atoms with Crippen LogP contribution in [0.25, 0.3) is 22.0 Å². The van der Waals surface area contributed by atoms with Crippen LogP contribution in [0, 0.1) is 0 Å². The van der Waals surface area contributed by atoms with Gasteiger partial charge in [0.25, 0.3) is 0 Å². The van der Waals surface area contributed by atoms with E-state index in [2.05, 4.69) is 4.98 Å². The number of carboxylic acid groups (broad SMARTS) is 1. The number of H-pyrrole nitrogens is 1. The molecule has 3 aromatic carbocycles. The van der Waals surface area contributed by atoms with E-state index in [-0.39, 0.29) is 12.1 Å². The van der Waals surface area contributed by atoms with Crippen LogP contribution in [0.15, 0.2) is 71.6 Å². The number of fused-ring (bicyclic) bond motifs is 1. The number of aromatic carboxylic acids is 1. The van der Waals surface area contributed by atoms with Gasteiger partial charge in [-0.25, -0.2) is 4.79 Å². The number of carbonyl (C=O) groups is 1. The maximum absolute atomic E-state index is 13.2. The van der Waals surface area contributed by atoms with Crippen molar-refractivity contribution in [1.82, 2.24) is 4.98 Å². The van der Waals surface area contributed by atoms with Crippen LogP contribution in [0.2, 0.25) is 0 Å². The van der Waals surface area contributed by atoms with Gasteiger partial charge in [-0.1, -0.05) is 42.5 Å². The minimum absolute atomic E-state index is 0.0732. The van der Waals surface area contributed by atoms with Crippen molar-refractivity contribution in [3.8, 4) is 11.1 Å². The highest BCUT2D eigenvalue weighted by Gasteiger charge is 2.30. The lowest BCUT2D eigenvalue weighted by atomic mass is 9.94. The van der Waals surface area contributed by atoms with Gasteiger partial charge in [-0.2, -0.15) is 13.2 Å². The highest BCUT2D eigenvalue weighted by atomic mass is 32.2. The van der Waals surface area contributed by atoms with Crippen molar-refractivity contribution in [2.45, 2.75) is 35.6 Å². The number of benzene rings is 3. The molecule has 2 N–H and O–H groups in total. The van der Waals surface area contributed by atoms with Crippen LogP contribution >= 0.6 is 11.8 Å². The summed E-state index contributed by atoms with van der Waals surface area (Å²) in [5, 5.41) is 11.2. The van der Waals surface area contributed by atoms with Crippen LogP contribution in [0.1, 0.15) is 40.0 Å². The van der Waals surface area contributed by atoms with Gasteiger partial charge in [0.1, 0.15) is 5.69 Å². The van der Waals surface area contributed by atoms with E-state index in [1.807, 2.05) is 42.1 Å². The van der Waals surface area contributed by atoms with Gasteiger partial charge in [-0.15, -0.1) is 11.8 Å². The summed E-state index contributed by atoms with van der Waals surface area (Å²) in [7, 11) is 0. The second-order valence-electron chi connectivity index (χ2n) is 8.24. The van der Waals surface area contributed by atoms with Gasteiger partial charge in [0.05, 0.1) is 5.56 Å². The molecule has 1 aromatic heterocycles. The van der Waals surface area contributed by atoms with Gasteiger partial charge in [0.2, 0.25) is 0 Å². The van der Waals surface area contributed by atoms with Crippen LogP contribution in [0.5, 0.6) is 0 Å². The second-order valence-corrected chi connectivity index (χ2v) is 9.61. The van der Waals surface area contributed by atoms with Crippen molar-refractivity contribution in [3.63, 3.8) is 0 Å². The molecule has 33 heavy (non-hydrogen) atoms. The van der Waals surface area contributed by atoms with Crippen LogP contribution in [0.3, 0.4) is 0 Å². The number of hydrogen-bond donors (Lipinski definition) is 2. The number of thioether (sulfide) groups is 1. The van der Waals surface area contributed by atoms with Gasteiger partial charge in [0.15, 0.2) is 0 Å². The molecule has 0 saturated heterocycles. The Kier molecular flexibility index (Phi) is 5.44. The molecule has 4 aromatic rings. The molecule has 3 nitrogen and oxygen atoms in total. The van der Waals surface area contributed by atoms with E-state index in [9.17, 15) is 23.1 Å². The molecule has 0 amide bonds. The zero-order chi connectivity index (χ0) is 23.2. The summed E-state index contributed by atoms with van der Waals surface area (Å²) in [4.78, 5) is 16.2. The first-order valence-corrected chi connectivity index (χ1v) is 11.5. The Morgan fingerprint density at radius 1 is 1.03 bits per heavy atom. The van der Waals surface area contributed by atoms with Crippen molar-refractivity contribution >= 4 is 28.6 Å². The fourth-order valence-corrected chi connectivity index (χ4v) is 5.12. The molecule has 0 bridgehead atoms. The molecule has 0 unspecified atom stereocenters. The summed E-state index contributed by atoms with van der Waals surface area (Å²) in [6, 6.07) is 18.5. The van der Waals surface area contributed by atoms with Gasteiger partial charge in [0, 0.05) is 26.6 Å². The van der Waals surface area contributed by atoms with Crippen LogP contribution < -0.4 is 0 Å². The quantitative estimate of drug-likeness (QED) is 0.311. The molecule has 1 saturated carbocycles. The normalized spacial score (nSPS) is 14.0. The summed E-state index contributed by atoms with van der Waals surface area (Å²) in [5.74, 6) is -1.08. The molecule has 5 rings (SSSR count). The zero-order valence-electron chi connectivity index (χ0n) is 17.4. The summed E-state index contributed by atoms with van der Waals surface area (Å²) in [6.45, 7) is 0. The number of nitrogens with one attached hydrogen (secondary N) is 1. The first kappa shape index (κ1) is 21.6. The van der Waals surface area contributed by atoms with Gasteiger partial charge in [-0.05, 0) is 60.2 Å². The zero-order valence-corrected chi connectivity index (χ0v) is 18.3. The summed E-state index contributed by atoms with van der Waals surface area (Å²) < 4.78 is 39.5. The Hall–Kier alpha value is -3.19. The van der Waals surface area contributed by atoms with Gasteiger partial charge in [-0.3, -0.25) is 0 Å². The fourth-order valence-electron chi connectivity index (χ4n) is 4.07. The SMILES string of the molecule is O=C(O)c1[nH]c2cccc(Cc3cccc(C(F)(F)F)c3)c2c1-c1ccc(SC2CC2)cc1. The third-order valence-electron chi connectivity index (χ3n) is 5.74. The van der Waals surface area contributed by atoms with Gasteiger partial charge < -0.3 is 10.1 Å². The molecule has 1 aliphatic rings. The van der Waals surface area contributed by atoms with Crippen molar-refractivity contribution < 1.29 is 23.1 Å². The number of halogens is 3. The van der Waals surface area contributed by atoms with Crippen molar-refractivity contribution in [2.75, 3.05) is 0 Å². The lowest BCUT2D eigenvalue weighted by molar-refractivity contribution is -0.137. The molecule has 0 atom stereocenters. The van der Waals surface area contributed by atoms with Gasteiger partial charge >= 0.3 is 12.1 Å². The number of hydrogen-bond acceptors (Lipinski definition) is 2. The van der Waals surface area contributed by atoms with E-state index in [1.165, 1.54) is 18.9 Å². The molecule has 0 spiro atoms. The second kappa shape index (κ2) is 8.30. The first-order valence-electron chi connectivity index (χ1n) is 10.6. The maximum Gasteiger partial charge on any atom is 0.416 e. The van der Waals surface area contributed by atoms with E-state index >= 15 is 0 Å². The number of alkyl halides is 3. The topological polar surface area (TPSA) is 53.1 Å². The monoisotopic (exact) mass is 467 g/mol. The maximum atomic E-state index is 13.2. The van der Waals surface area contributed by atoms with Crippen LogP contribution in [-0.4, -0.2) is 21.3 Å². The molecule has 1 heterocycles. The average Bonchev–Trinajstić information content (AvgIpc) is 3.50. The lowest BCUT2D eigenvalue weighted by Crippen LogP contribution is -2.05. The predicted molar refractivity (Wildman–Crippen MR) is 124 cm³/mol. The summed E-state index contributed by atoms with van der Waals surface area (Å²) >= 11 is 1.82. The smallest absolute Gasteiger partial charge is 0.416 e. The lowest BCUT2D eigenvalue weighted by Gasteiger charge is -2.11. The largest absolute Gasteiger partial charge is 0.477 e. The van der Waals surface area contributed by atoms with E-state index in [0.717, 1.165) is 33.5 Å². The summed E-state index contributed by atoms with van der Waals surface area (Å²) in [5.41, 5.74) is 2.61. The molecule has 1 fully saturated rings. The molecule has 7 heteroatoms. The van der Waals surface area contributed by atoms with Crippen molar-refractivity contribution in [2.24, 2.45) is 0 Å². The minimum Gasteiger partial charge on any atom is -0.477 e. The molecule has 0 radical (unpaired) electrons. The van der Waals surface area contributed by atoms with Crippen LogP contribution in [-0.2, 0) is 12.6 Å². The van der Waals surface area contributed by atoms with E-state index < -0.39 is 17.7 Å². The molecule has 0 aliphatic heterocycles. The Labute approximate surface area is 192 Å². The number of rotatable bonds is 6. The Balaban J connectivity index is 1.60. The van der Waals surface area contributed by atoms with Crippen molar-refractivity contribution in [1.29, 1.82) is 0 Å². The number of aromatic amines is 1. The Morgan fingerprint density at radius 3 is 2.42 bits per heavy atom. The fraction of sp³-hybridized carbons (Fsp3) is 0.192. The van der Waals surface area contributed by atoms with Crippen LogP contribution in [0.4, 0.5) is 13.2 Å². The molecule has 1 aliphatic carbocycles. The van der Waals surface area contributed by atoms with E-state index in [0.29, 0.717) is 21.9 Å².